The first-order valence-electron chi connectivity index (χ1n) is 6.22. The third-order valence-electron chi connectivity index (χ3n) is 3.30. The van der Waals surface area contributed by atoms with E-state index in [1.54, 1.807) is 0 Å². The molecule has 0 amide bonds. The fourth-order valence-corrected chi connectivity index (χ4v) is 3.24. The molecule has 3 heteroatoms. The molecule has 1 aromatic carbocycles. The largest absolute Gasteiger partial charge is 0.490 e. The number of alkyl halides is 1. The number of ether oxygens (including phenoxy) is 1. The monoisotopic (exact) mass is 316 g/mol. The fraction of sp³-hybridized carbons (Fsp3) is 0.571. The Balaban J connectivity index is 2.18. The van der Waals surface area contributed by atoms with E-state index in [4.69, 9.17) is 16.3 Å². The minimum Gasteiger partial charge on any atom is -0.490 e. The average molecular weight is 318 g/mol. The van der Waals surface area contributed by atoms with E-state index in [1.807, 2.05) is 0 Å². The van der Waals surface area contributed by atoms with Gasteiger partial charge in [0.15, 0.2) is 0 Å². The van der Waals surface area contributed by atoms with Gasteiger partial charge in [-0.2, -0.15) is 0 Å². The van der Waals surface area contributed by atoms with Crippen LogP contribution in [0.3, 0.4) is 0 Å². The van der Waals surface area contributed by atoms with E-state index in [1.165, 1.54) is 37.7 Å². The highest BCUT2D eigenvalue weighted by molar-refractivity contribution is 9.10. The molecule has 1 fully saturated rings. The Morgan fingerprint density at radius 2 is 2.00 bits per heavy atom. The van der Waals surface area contributed by atoms with Crippen LogP contribution >= 0.6 is 27.5 Å². The molecule has 1 aromatic rings. The van der Waals surface area contributed by atoms with Crippen LogP contribution in [-0.4, -0.2) is 6.10 Å². The molecule has 2 rings (SSSR count). The molecule has 1 aliphatic rings. The van der Waals surface area contributed by atoms with E-state index in [2.05, 4.69) is 35.0 Å². The van der Waals surface area contributed by atoms with Crippen LogP contribution in [0, 0.1) is 6.92 Å². The van der Waals surface area contributed by atoms with Gasteiger partial charge in [0.05, 0.1) is 12.0 Å². The molecule has 0 aromatic heterocycles. The normalized spacial score (nSPS) is 17.1. The summed E-state index contributed by atoms with van der Waals surface area (Å²) in [6.45, 7) is 2.08. The van der Waals surface area contributed by atoms with E-state index in [9.17, 15) is 0 Å². The van der Waals surface area contributed by atoms with Gasteiger partial charge in [-0.1, -0.05) is 22.4 Å². The van der Waals surface area contributed by atoms with Gasteiger partial charge in [0.25, 0.3) is 0 Å². The maximum atomic E-state index is 6.16. The average Bonchev–Trinajstić information content (AvgIpc) is 2.33. The van der Waals surface area contributed by atoms with E-state index in [0.29, 0.717) is 12.0 Å². The minimum absolute atomic E-state index is 0.380. The lowest BCUT2D eigenvalue weighted by Gasteiger charge is -2.25. The smallest absolute Gasteiger partial charge is 0.127 e. The van der Waals surface area contributed by atoms with Gasteiger partial charge in [0.2, 0.25) is 0 Å². The summed E-state index contributed by atoms with van der Waals surface area (Å²) in [5.74, 6) is 1.50. The molecule has 94 valence electrons. The molecular weight excluding hydrogens is 300 g/mol. The summed E-state index contributed by atoms with van der Waals surface area (Å²) >= 11 is 9.49. The molecule has 0 unspecified atom stereocenters. The van der Waals surface area contributed by atoms with Crippen LogP contribution in [0.1, 0.15) is 43.2 Å². The van der Waals surface area contributed by atoms with Crippen molar-refractivity contribution in [3.05, 3.63) is 27.7 Å². The predicted octanol–water partition coefficient (Wildman–Crippen LogP) is 5.21. The van der Waals surface area contributed by atoms with Crippen molar-refractivity contribution in [2.24, 2.45) is 0 Å². The lowest BCUT2D eigenvalue weighted by atomic mass is 9.97. The van der Waals surface area contributed by atoms with Gasteiger partial charge in [0.1, 0.15) is 5.75 Å². The number of hydrogen-bond donors (Lipinski definition) is 0. The van der Waals surface area contributed by atoms with Crippen LogP contribution in [0.5, 0.6) is 5.75 Å². The molecule has 0 bridgehead atoms. The van der Waals surface area contributed by atoms with Gasteiger partial charge < -0.3 is 4.74 Å². The summed E-state index contributed by atoms with van der Waals surface area (Å²) in [6.07, 6.45) is 6.66. The zero-order valence-electron chi connectivity index (χ0n) is 10.1. The van der Waals surface area contributed by atoms with Crippen LogP contribution in [0.15, 0.2) is 16.6 Å². The van der Waals surface area contributed by atoms with Crippen LogP contribution in [-0.2, 0) is 5.88 Å². The molecule has 1 aliphatic carbocycles. The van der Waals surface area contributed by atoms with Gasteiger partial charge in [0, 0.05) is 10.0 Å². The molecule has 0 heterocycles. The van der Waals surface area contributed by atoms with Gasteiger partial charge in [-0.3, -0.25) is 0 Å². The predicted molar refractivity (Wildman–Crippen MR) is 75.9 cm³/mol. The highest BCUT2D eigenvalue weighted by Crippen LogP contribution is 2.32. The number of aryl methyl sites for hydroxylation is 1. The van der Waals surface area contributed by atoms with Crippen LogP contribution in [0.4, 0.5) is 0 Å². The van der Waals surface area contributed by atoms with Crippen LogP contribution < -0.4 is 4.74 Å². The summed E-state index contributed by atoms with van der Waals surface area (Å²) in [7, 11) is 0. The molecule has 0 atom stereocenters. The second-order valence-corrected chi connectivity index (χ2v) is 5.91. The number of halogens is 2. The van der Waals surface area contributed by atoms with Crippen LogP contribution in [0.2, 0.25) is 0 Å². The first-order valence-corrected chi connectivity index (χ1v) is 7.55. The Labute approximate surface area is 117 Å². The molecule has 1 saturated carbocycles. The zero-order chi connectivity index (χ0) is 12.3. The molecule has 0 saturated heterocycles. The number of rotatable bonds is 3. The van der Waals surface area contributed by atoms with Crippen molar-refractivity contribution in [3.63, 3.8) is 0 Å². The number of benzene rings is 1. The Hall–Kier alpha value is -0.210. The maximum Gasteiger partial charge on any atom is 0.127 e. The van der Waals surface area contributed by atoms with Crippen molar-refractivity contribution >= 4 is 27.5 Å². The Kier molecular flexibility index (Phi) is 4.75. The third-order valence-corrected chi connectivity index (χ3v) is 4.04. The van der Waals surface area contributed by atoms with Gasteiger partial charge in [-0.15, -0.1) is 11.6 Å². The van der Waals surface area contributed by atoms with Crippen molar-refractivity contribution in [2.45, 2.75) is 51.0 Å². The first kappa shape index (κ1) is 13.2. The van der Waals surface area contributed by atoms with Crippen molar-refractivity contribution < 1.29 is 4.74 Å². The van der Waals surface area contributed by atoms with E-state index >= 15 is 0 Å². The summed E-state index contributed by atoms with van der Waals surface area (Å²) in [4.78, 5) is 0. The van der Waals surface area contributed by atoms with E-state index in [-0.39, 0.29) is 0 Å². The van der Waals surface area contributed by atoms with Crippen molar-refractivity contribution in [3.8, 4) is 5.75 Å². The second-order valence-electron chi connectivity index (χ2n) is 4.72. The summed E-state index contributed by atoms with van der Waals surface area (Å²) in [6, 6.07) is 4.15. The Bertz CT molecular complexity index is 386. The zero-order valence-corrected chi connectivity index (χ0v) is 12.5. The highest BCUT2D eigenvalue weighted by Gasteiger charge is 2.17. The molecule has 0 radical (unpaired) electrons. The maximum absolute atomic E-state index is 6.16. The Morgan fingerprint density at radius 1 is 1.29 bits per heavy atom. The molecule has 1 nitrogen and oxygen atoms in total. The molecular formula is C14H18BrClO. The van der Waals surface area contributed by atoms with Crippen molar-refractivity contribution in [1.82, 2.24) is 0 Å². The van der Waals surface area contributed by atoms with Crippen molar-refractivity contribution in [2.75, 3.05) is 0 Å². The fourth-order valence-electron chi connectivity index (χ4n) is 2.42. The first-order chi connectivity index (χ1) is 8.20. The van der Waals surface area contributed by atoms with Gasteiger partial charge in [-0.25, -0.2) is 0 Å². The highest BCUT2D eigenvalue weighted by atomic mass is 79.9. The molecule has 0 N–H and O–H groups in total. The third kappa shape index (κ3) is 3.38. The summed E-state index contributed by atoms with van der Waals surface area (Å²) in [5, 5.41) is 0. The van der Waals surface area contributed by atoms with Gasteiger partial charge in [-0.05, 0) is 50.3 Å². The van der Waals surface area contributed by atoms with E-state index in [0.717, 1.165) is 15.8 Å². The van der Waals surface area contributed by atoms with E-state index < -0.39 is 0 Å². The quantitative estimate of drug-likeness (QED) is 0.696. The number of hydrogen-bond acceptors (Lipinski definition) is 1. The van der Waals surface area contributed by atoms with Gasteiger partial charge >= 0.3 is 0 Å². The lowest BCUT2D eigenvalue weighted by Crippen LogP contribution is -2.20. The molecule has 17 heavy (non-hydrogen) atoms. The summed E-state index contributed by atoms with van der Waals surface area (Å²) < 4.78 is 7.23. The second kappa shape index (κ2) is 6.10. The Morgan fingerprint density at radius 3 is 2.65 bits per heavy atom. The standard InChI is InChI=1S/C14H18BrClO/c1-10-7-12(15)8-11(9-16)14(10)17-13-5-3-2-4-6-13/h7-8,13H,2-6,9H2,1H3. The lowest BCUT2D eigenvalue weighted by molar-refractivity contribution is 0.153. The van der Waals surface area contributed by atoms with Crippen LogP contribution in [0.25, 0.3) is 0 Å². The topological polar surface area (TPSA) is 9.23 Å². The SMILES string of the molecule is Cc1cc(Br)cc(CCl)c1OC1CCCCC1. The molecule has 0 spiro atoms. The minimum atomic E-state index is 0.380. The van der Waals surface area contributed by atoms with Crippen molar-refractivity contribution in [1.29, 1.82) is 0 Å². The molecule has 0 aliphatic heterocycles. The summed E-state index contributed by atoms with van der Waals surface area (Å²) in [5.41, 5.74) is 2.25.